The maximum Gasteiger partial charge on any atom is 0.335 e. The van der Waals surface area contributed by atoms with E-state index in [-0.39, 0.29) is 12.4 Å². The topological polar surface area (TPSA) is 81.1 Å². The van der Waals surface area contributed by atoms with Crippen molar-refractivity contribution in [3.8, 4) is 22.6 Å². The highest BCUT2D eigenvalue weighted by atomic mass is 16.7. The van der Waals surface area contributed by atoms with E-state index in [0.717, 1.165) is 40.8 Å². The Balaban J connectivity index is 1.68. The van der Waals surface area contributed by atoms with Crippen LogP contribution in [0.5, 0.6) is 11.5 Å². The summed E-state index contributed by atoms with van der Waals surface area (Å²) in [6.07, 6.45) is 1.84. The molecule has 7 nitrogen and oxygen atoms in total. The molecule has 5 rings (SSSR count). The Morgan fingerprint density at radius 3 is 2.36 bits per heavy atom. The molecule has 2 aromatic carbocycles. The molecule has 2 aliphatic heterocycles. The first-order valence-electron chi connectivity index (χ1n) is 9.09. The number of morpholine rings is 1. The van der Waals surface area contributed by atoms with E-state index >= 15 is 0 Å². The van der Waals surface area contributed by atoms with E-state index in [1.807, 2.05) is 18.3 Å². The van der Waals surface area contributed by atoms with Crippen LogP contribution < -0.4 is 14.4 Å². The molecule has 1 fully saturated rings. The number of carbonyl (C=O) groups is 1. The molecule has 0 radical (unpaired) electrons. The lowest BCUT2D eigenvalue weighted by atomic mass is 9.98. The van der Waals surface area contributed by atoms with Gasteiger partial charge in [-0.25, -0.2) is 9.78 Å². The molecule has 0 bridgehead atoms. The lowest BCUT2D eigenvalue weighted by molar-refractivity contribution is 0.0697. The van der Waals surface area contributed by atoms with E-state index in [4.69, 9.17) is 24.3 Å². The molecule has 0 saturated carbocycles. The minimum absolute atomic E-state index is 0.203. The largest absolute Gasteiger partial charge is 0.478 e. The van der Waals surface area contributed by atoms with Gasteiger partial charge in [0, 0.05) is 30.2 Å². The monoisotopic (exact) mass is 378 g/mol. The number of nitrogens with zero attached hydrogens (tertiary/aromatic N) is 2. The predicted octanol–water partition coefficient (Wildman–Crippen LogP) is 3.17. The van der Waals surface area contributed by atoms with Gasteiger partial charge in [-0.15, -0.1) is 0 Å². The average molecular weight is 378 g/mol. The summed E-state index contributed by atoms with van der Waals surface area (Å²) in [4.78, 5) is 18.1. The summed E-state index contributed by atoms with van der Waals surface area (Å²) >= 11 is 0. The number of ether oxygens (including phenoxy) is 3. The molecule has 0 spiro atoms. The van der Waals surface area contributed by atoms with Crippen molar-refractivity contribution in [3.63, 3.8) is 0 Å². The molecular formula is C21H18N2O5. The number of fused-ring (bicyclic) bond motifs is 2. The van der Waals surface area contributed by atoms with Crippen molar-refractivity contribution < 1.29 is 24.1 Å². The van der Waals surface area contributed by atoms with Crippen LogP contribution in [0.2, 0.25) is 0 Å². The molecule has 2 aliphatic rings. The third-order valence-electron chi connectivity index (χ3n) is 5.11. The van der Waals surface area contributed by atoms with Gasteiger partial charge in [0.1, 0.15) is 5.82 Å². The quantitative estimate of drug-likeness (QED) is 0.750. The first kappa shape index (κ1) is 16.8. The summed E-state index contributed by atoms with van der Waals surface area (Å²) in [7, 11) is 0. The SMILES string of the molecule is O=C(O)c1ccc(-c2cnc(N3CCOCC3)c3cc4c(cc23)OCO4)cc1. The van der Waals surface area contributed by atoms with Gasteiger partial charge in [-0.05, 0) is 35.2 Å². The molecule has 3 aromatic rings. The van der Waals surface area contributed by atoms with E-state index in [1.165, 1.54) is 0 Å². The highest BCUT2D eigenvalue weighted by Gasteiger charge is 2.22. The van der Waals surface area contributed by atoms with Crippen molar-refractivity contribution in [2.75, 3.05) is 38.0 Å². The average Bonchev–Trinajstić information content (AvgIpc) is 3.19. The summed E-state index contributed by atoms with van der Waals surface area (Å²) in [6.45, 7) is 3.11. The van der Waals surface area contributed by atoms with E-state index in [2.05, 4.69) is 4.90 Å². The summed E-state index contributed by atoms with van der Waals surface area (Å²) in [5.41, 5.74) is 2.07. The zero-order valence-electron chi connectivity index (χ0n) is 15.1. The van der Waals surface area contributed by atoms with Crippen molar-refractivity contribution in [1.29, 1.82) is 0 Å². The second-order valence-corrected chi connectivity index (χ2v) is 6.73. The molecule has 0 atom stereocenters. The predicted molar refractivity (Wildman–Crippen MR) is 103 cm³/mol. The Hall–Kier alpha value is -3.32. The molecule has 3 heterocycles. The molecule has 1 saturated heterocycles. The lowest BCUT2D eigenvalue weighted by Crippen LogP contribution is -2.36. The molecule has 142 valence electrons. The minimum Gasteiger partial charge on any atom is -0.478 e. The van der Waals surface area contributed by atoms with Crippen LogP contribution in [-0.4, -0.2) is 49.2 Å². The van der Waals surface area contributed by atoms with Gasteiger partial charge in [0.15, 0.2) is 11.5 Å². The first-order chi connectivity index (χ1) is 13.7. The fraction of sp³-hybridized carbons (Fsp3) is 0.238. The Morgan fingerprint density at radius 1 is 1.00 bits per heavy atom. The Labute approximate surface area is 161 Å². The fourth-order valence-corrected chi connectivity index (χ4v) is 3.66. The smallest absolute Gasteiger partial charge is 0.335 e. The van der Waals surface area contributed by atoms with Gasteiger partial charge >= 0.3 is 5.97 Å². The van der Waals surface area contributed by atoms with E-state index < -0.39 is 5.97 Å². The van der Waals surface area contributed by atoms with Crippen LogP contribution >= 0.6 is 0 Å². The fourth-order valence-electron chi connectivity index (χ4n) is 3.66. The van der Waals surface area contributed by atoms with Crippen molar-refractivity contribution in [3.05, 3.63) is 48.2 Å². The number of hydrogen-bond donors (Lipinski definition) is 1. The maximum atomic E-state index is 11.2. The number of aromatic carboxylic acids is 1. The molecule has 0 amide bonds. The number of rotatable bonds is 3. The number of hydrogen-bond acceptors (Lipinski definition) is 6. The van der Waals surface area contributed by atoms with E-state index in [1.54, 1.807) is 24.3 Å². The van der Waals surface area contributed by atoms with Crippen LogP contribution in [0.3, 0.4) is 0 Å². The summed E-state index contributed by atoms with van der Waals surface area (Å²) in [6, 6.07) is 10.8. The van der Waals surface area contributed by atoms with Crippen LogP contribution in [0.15, 0.2) is 42.6 Å². The van der Waals surface area contributed by atoms with Gasteiger partial charge in [0.25, 0.3) is 0 Å². The normalized spacial score (nSPS) is 15.8. The van der Waals surface area contributed by atoms with Crippen LogP contribution in [0, 0.1) is 0 Å². The molecule has 0 unspecified atom stereocenters. The zero-order chi connectivity index (χ0) is 19.1. The minimum atomic E-state index is -0.944. The van der Waals surface area contributed by atoms with Gasteiger partial charge in [0.2, 0.25) is 6.79 Å². The van der Waals surface area contributed by atoms with Crippen molar-refractivity contribution >= 4 is 22.6 Å². The highest BCUT2D eigenvalue weighted by Crippen LogP contribution is 2.42. The number of benzene rings is 2. The van der Waals surface area contributed by atoms with Gasteiger partial charge < -0.3 is 24.2 Å². The van der Waals surface area contributed by atoms with Crippen LogP contribution in [0.25, 0.3) is 21.9 Å². The number of carboxylic acids is 1. The molecule has 0 aliphatic carbocycles. The Bertz CT molecular complexity index is 1060. The number of carboxylic acid groups (broad SMARTS) is 1. The highest BCUT2D eigenvalue weighted by molar-refractivity contribution is 6.04. The molecule has 7 heteroatoms. The zero-order valence-corrected chi connectivity index (χ0v) is 15.1. The second kappa shape index (κ2) is 6.69. The molecule has 1 N–H and O–H groups in total. The summed E-state index contributed by atoms with van der Waals surface area (Å²) in [5.74, 6) is 1.36. The Kier molecular flexibility index (Phi) is 4.02. The molecular weight excluding hydrogens is 360 g/mol. The third kappa shape index (κ3) is 2.80. The number of anilines is 1. The first-order valence-corrected chi connectivity index (χ1v) is 9.09. The molecule has 28 heavy (non-hydrogen) atoms. The number of aromatic nitrogens is 1. The van der Waals surface area contributed by atoms with Gasteiger partial charge in [-0.2, -0.15) is 0 Å². The number of pyridine rings is 1. The van der Waals surface area contributed by atoms with Gasteiger partial charge in [0.05, 0.1) is 18.8 Å². The van der Waals surface area contributed by atoms with Crippen molar-refractivity contribution in [2.45, 2.75) is 0 Å². The van der Waals surface area contributed by atoms with E-state index in [9.17, 15) is 4.79 Å². The maximum absolute atomic E-state index is 11.2. The van der Waals surface area contributed by atoms with Crippen molar-refractivity contribution in [1.82, 2.24) is 4.98 Å². The third-order valence-corrected chi connectivity index (χ3v) is 5.11. The Morgan fingerprint density at radius 2 is 1.68 bits per heavy atom. The van der Waals surface area contributed by atoms with E-state index in [0.29, 0.717) is 24.7 Å². The van der Waals surface area contributed by atoms with Crippen molar-refractivity contribution in [2.24, 2.45) is 0 Å². The van der Waals surface area contributed by atoms with Crippen LogP contribution in [-0.2, 0) is 4.74 Å². The second-order valence-electron chi connectivity index (χ2n) is 6.73. The van der Waals surface area contributed by atoms with Crippen LogP contribution in [0.1, 0.15) is 10.4 Å². The van der Waals surface area contributed by atoms with Gasteiger partial charge in [-0.3, -0.25) is 0 Å². The van der Waals surface area contributed by atoms with Crippen LogP contribution in [0.4, 0.5) is 5.82 Å². The summed E-state index contributed by atoms with van der Waals surface area (Å²) < 4.78 is 16.6. The lowest BCUT2D eigenvalue weighted by Gasteiger charge is -2.29. The standard InChI is InChI=1S/C21H18N2O5/c24-21(25)14-3-1-13(2-4-14)17-11-22-20(23-5-7-26-8-6-23)16-10-19-18(9-15(16)17)27-12-28-19/h1-4,9-11H,5-8,12H2,(H,24,25). The molecule has 1 aromatic heterocycles. The summed E-state index contributed by atoms with van der Waals surface area (Å²) in [5, 5.41) is 11.1. The van der Waals surface area contributed by atoms with Gasteiger partial charge in [-0.1, -0.05) is 12.1 Å².